The van der Waals surface area contributed by atoms with E-state index in [2.05, 4.69) is 58.9 Å². The first kappa shape index (κ1) is 16.1. The van der Waals surface area contributed by atoms with E-state index in [4.69, 9.17) is 4.74 Å². The molecular formula is C16H26N6O. The number of ether oxygens (including phenoxy) is 1. The van der Waals surface area contributed by atoms with Crippen LogP contribution in [0.3, 0.4) is 0 Å². The van der Waals surface area contributed by atoms with Gasteiger partial charge < -0.3 is 4.74 Å². The second-order valence-corrected chi connectivity index (χ2v) is 6.71. The minimum Gasteiger partial charge on any atom is -0.368 e. The van der Waals surface area contributed by atoms with E-state index in [-0.39, 0.29) is 6.10 Å². The number of aromatic nitrogens is 5. The van der Waals surface area contributed by atoms with Crippen LogP contribution in [0.15, 0.2) is 12.3 Å². The lowest BCUT2D eigenvalue weighted by Gasteiger charge is -2.31. The fraction of sp³-hybridized carbons (Fsp3) is 0.688. The molecule has 3 rings (SSSR count). The smallest absolute Gasteiger partial charge is 0.155 e. The number of morpholine rings is 1. The Bertz CT molecular complexity index is 632. The Kier molecular flexibility index (Phi) is 4.77. The maximum absolute atomic E-state index is 5.87. The zero-order chi connectivity index (χ0) is 16.4. The van der Waals surface area contributed by atoms with Crippen LogP contribution in [0.1, 0.15) is 63.1 Å². The second kappa shape index (κ2) is 6.80. The molecule has 0 bridgehead atoms. The number of nitrogens with zero attached hydrogens (tertiary/aromatic N) is 5. The molecule has 7 nitrogen and oxygen atoms in total. The number of rotatable bonds is 5. The number of hydrogen-bond donors (Lipinski definition) is 1. The normalized spacial score (nSPS) is 19.8. The van der Waals surface area contributed by atoms with Crippen molar-refractivity contribution in [1.29, 1.82) is 0 Å². The molecule has 1 fully saturated rings. The monoisotopic (exact) mass is 318 g/mol. The molecule has 0 spiro atoms. The van der Waals surface area contributed by atoms with Gasteiger partial charge in [0.05, 0.1) is 12.3 Å². The average molecular weight is 318 g/mol. The first-order valence-corrected chi connectivity index (χ1v) is 8.33. The third kappa shape index (κ3) is 3.79. The van der Waals surface area contributed by atoms with Gasteiger partial charge in [0.1, 0.15) is 6.10 Å². The number of nitrogens with one attached hydrogen (secondary N) is 1. The van der Waals surface area contributed by atoms with Gasteiger partial charge in [-0.15, -0.1) is 0 Å². The van der Waals surface area contributed by atoms with Crippen molar-refractivity contribution in [3.8, 4) is 0 Å². The summed E-state index contributed by atoms with van der Waals surface area (Å²) < 4.78 is 7.87. The summed E-state index contributed by atoms with van der Waals surface area (Å²) in [5.41, 5.74) is 1.10. The van der Waals surface area contributed by atoms with Crippen molar-refractivity contribution in [2.24, 2.45) is 0 Å². The lowest BCUT2D eigenvalue weighted by molar-refractivity contribution is -0.0374. The van der Waals surface area contributed by atoms with Gasteiger partial charge in [0.25, 0.3) is 0 Å². The summed E-state index contributed by atoms with van der Waals surface area (Å²) in [6.07, 6.45) is 2.00. The third-order valence-corrected chi connectivity index (χ3v) is 4.07. The highest BCUT2D eigenvalue weighted by Crippen LogP contribution is 2.21. The predicted octanol–water partition coefficient (Wildman–Crippen LogP) is 2.28. The lowest BCUT2D eigenvalue weighted by Crippen LogP contribution is -2.38. The van der Waals surface area contributed by atoms with Crippen molar-refractivity contribution in [1.82, 2.24) is 29.9 Å². The quantitative estimate of drug-likeness (QED) is 0.915. The zero-order valence-electron chi connectivity index (χ0n) is 14.4. The third-order valence-electron chi connectivity index (χ3n) is 4.07. The average Bonchev–Trinajstić information content (AvgIpc) is 3.16. The molecule has 0 radical (unpaired) electrons. The van der Waals surface area contributed by atoms with E-state index in [0.717, 1.165) is 37.0 Å². The maximum atomic E-state index is 5.87. The van der Waals surface area contributed by atoms with E-state index in [1.54, 1.807) is 0 Å². The van der Waals surface area contributed by atoms with E-state index in [1.807, 2.05) is 10.9 Å². The number of aromatic amines is 1. The van der Waals surface area contributed by atoms with Gasteiger partial charge in [-0.25, -0.2) is 4.98 Å². The van der Waals surface area contributed by atoms with E-state index >= 15 is 0 Å². The van der Waals surface area contributed by atoms with E-state index in [0.29, 0.717) is 18.6 Å². The van der Waals surface area contributed by atoms with Crippen molar-refractivity contribution in [2.45, 2.75) is 52.3 Å². The molecule has 3 heterocycles. The fourth-order valence-corrected chi connectivity index (χ4v) is 2.68. The first-order chi connectivity index (χ1) is 11.0. The molecular weight excluding hydrogens is 292 g/mol. The maximum Gasteiger partial charge on any atom is 0.155 e. The number of hydrogen-bond acceptors (Lipinski definition) is 5. The molecule has 0 aromatic carbocycles. The molecule has 126 valence electrons. The first-order valence-electron chi connectivity index (χ1n) is 8.33. The molecule has 1 N–H and O–H groups in total. The van der Waals surface area contributed by atoms with Gasteiger partial charge in [0, 0.05) is 37.8 Å². The molecule has 2 aromatic heterocycles. The molecule has 2 aromatic rings. The van der Waals surface area contributed by atoms with Crippen molar-refractivity contribution in [3.63, 3.8) is 0 Å². The summed E-state index contributed by atoms with van der Waals surface area (Å²) in [6.45, 7) is 11.7. The summed E-state index contributed by atoms with van der Waals surface area (Å²) in [6, 6.07) is 2.49. The second-order valence-electron chi connectivity index (χ2n) is 6.71. The van der Waals surface area contributed by atoms with Crippen LogP contribution in [-0.2, 0) is 11.3 Å². The van der Waals surface area contributed by atoms with E-state index < -0.39 is 0 Å². The highest BCUT2D eigenvalue weighted by Gasteiger charge is 2.25. The topological polar surface area (TPSA) is 71.9 Å². The molecule has 0 saturated carbocycles. The molecule has 1 saturated heterocycles. The van der Waals surface area contributed by atoms with Gasteiger partial charge >= 0.3 is 0 Å². The molecule has 0 aliphatic carbocycles. The van der Waals surface area contributed by atoms with Gasteiger partial charge in [-0.3, -0.25) is 14.7 Å². The summed E-state index contributed by atoms with van der Waals surface area (Å²) in [4.78, 5) is 6.92. The standard InChI is InChI=1S/C16H26N6O/c1-11(2)15-17-16(19-18-15)14-10-21(7-8-23-14)9-13-5-6-22(20-13)12(3)4/h5-6,11-12,14H,7-10H2,1-4H3,(H,17,18,19)/t14-/m0/s1. The van der Waals surface area contributed by atoms with Crippen molar-refractivity contribution in [2.75, 3.05) is 19.7 Å². The van der Waals surface area contributed by atoms with E-state index in [9.17, 15) is 0 Å². The minimum atomic E-state index is -0.0454. The molecule has 0 unspecified atom stereocenters. The molecule has 1 aliphatic rings. The van der Waals surface area contributed by atoms with Crippen molar-refractivity contribution >= 4 is 0 Å². The largest absolute Gasteiger partial charge is 0.368 e. The summed E-state index contributed by atoms with van der Waals surface area (Å²) in [5, 5.41) is 11.9. The van der Waals surface area contributed by atoms with Crippen LogP contribution in [0.5, 0.6) is 0 Å². The Morgan fingerprint density at radius 1 is 1.35 bits per heavy atom. The predicted molar refractivity (Wildman–Crippen MR) is 87.1 cm³/mol. The lowest BCUT2D eigenvalue weighted by atomic mass is 10.2. The highest BCUT2D eigenvalue weighted by molar-refractivity contribution is 5.02. The van der Waals surface area contributed by atoms with Crippen LogP contribution in [-0.4, -0.2) is 49.6 Å². The Morgan fingerprint density at radius 3 is 2.83 bits per heavy atom. The number of H-pyrrole nitrogens is 1. The SMILES string of the molecule is CC(C)c1n[nH]c([C@@H]2CN(Cc3ccn(C(C)C)n3)CCO2)n1. The minimum absolute atomic E-state index is 0.0454. The summed E-state index contributed by atoms with van der Waals surface area (Å²) in [5.74, 6) is 1.99. The van der Waals surface area contributed by atoms with Crippen LogP contribution in [0, 0.1) is 0 Å². The van der Waals surface area contributed by atoms with Gasteiger partial charge in [0.2, 0.25) is 0 Å². The van der Waals surface area contributed by atoms with Crippen LogP contribution < -0.4 is 0 Å². The van der Waals surface area contributed by atoms with Crippen molar-refractivity contribution < 1.29 is 4.74 Å². The molecule has 0 amide bonds. The summed E-state index contributed by atoms with van der Waals surface area (Å²) >= 11 is 0. The molecule has 7 heteroatoms. The van der Waals surface area contributed by atoms with Gasteiger partial charge in [0.15, 0.2) is 11.6 Å². The molecule has 1 atom stereocenters. The Hall–Kier alpha value is -1.73. The van der Waals surface area contributed by atoms with Gasteiger partial charge in [-0.1, -0.05) is 13.8 Å². The Labute approximate surface area is 137 Å². The zero-order valence-corrected chi connectivity index (χ0v) is 14.4. The Balaban J connectivity index is 1.63. The summed E-state index contributed by atoms with van der Waals surface area (Å²) in [7, 11) is 0. The van der Waals surface area contributed by atoms with Gasteiger partial charge in [-0.2, -0.15) is 10.2 Å². The molecule has 23 heavy (non-hydrogen) atoms. The highest BCUT2D eigenvalue weighted by atomic mass is 16.5. The van der Waals surface area contributed by atoms with Crippen LogP contribution in [0.2, 0.25) is 0 Å². The van der Waals surface area contributed by atoms with Crippen LogP contribution in [0.4, 0.5) is 0 Å². The van der Waals surface area contributed by atoms with Crippen LogP contribution in [0.25, 0.3) is 0 Å². The van der Waals surface area contributed by atoms with Crippen molar-refractivity contribution in [3.05, 3.63) is 29.6 Å². The molecule has 1 aliphatic heterocycles. The fourth-order valence-electron chi connectivity index (χ4n) is 2.68. The van der Waals surface area contributed by atoms with E-state index in [1.165, 1.54) is 0 Å². The van der Waals surface area contributed by atoms with Crippen LogP contribution >= 0.6 is 0 Å². The Morgan fingerprint density at radius 2 is 2.17 bits per heavy atom. The van der Waals surface area contributed by atoms with Gasteiger partial charge in [-0.05, 0) is 19.9 Å².